The molecule has 1 fully saturated rings. The molecule has 92 valence electrons. The molecule has 1 amide bonds. The van der Waals surface area contributed by atoms with Crippen LogP contribution in [0.15, 0.2) is 17.1 Å². The second kappa shape index (κ2) is 4.73. The average Bonchev–Trinajstić information content (AvgIpc) is 2.28. The Bertz CT molecular complexity index is 479. The van der Waals surface area contributed by atoms with Gasteiger partial charge in [0.05, 0.1) is 0 Å². The van der Waals surface area contributed by atoms with Crippen molar-refractivity contribution in [1.29, 1.82) is 0 Å². The summed E-state index contributed by atoms with van der Waals surface area (Å²) in [7, 11) is 0. The number of amides is 1. The Morgan fingerprint density at radius 3 is 2.94 bits per heavy atom. The topological polar surface area (TPSA) is 53.2 Å². The van der Waals surface area contributed by atoms with E-state index < -0.39 is 0 Å². The molecule has 1 saturated heterocycles. The molecule has 17 heavy (non-hydrogen) atoms. The van der Waals surface area contributed by atoms with Crippen molar-refractivity contribution in [3.63, 3.8) is 0 Å². The second-order valence-electron chi connectivity index (χ2n) is 4.86. The molecule has 1 aromatic rings. The number of aryl methyl sites for hydroxylation is 1. The largest absolute Gasteiger partial charge is 0.338 e. The van der Waals surface area contributed by atoms with Gasteiger partial charge in [-0.25, -0.2) is 0 Å². The highest BCUT2D eigenvalue weighted by Crippen LogP contribution is 2.17. The molecule has 0 spiro atoms. The maximum Gasteiger partial charge on any atom is 0.261 e. The molecular weight excluding hydrogens is 216 g/mol. The van der Waals surface area contributed by atoms with Gasteiger partial charge < -0.3 is 9.88 Å². The van der Waals surface area contributed by atoms with Gasteiger partial charge >= 0.3 is 0 Å². The minimum atomic E-state index is -0.284. The molecule has 4 heteroatoms. The van der Waals surface area contributed by atoms with Crippen molar-refractivity contribution in [2.45, 2.75) is 26.7 Å². The van der Waals surface area contributed by atoms with Crippen LogP contribution < -0.4 is 5.56 Å². The number of carbonyl (C=O) groups is 1. The minimum Gasteiger partial charge on any atom is -0.338 e. The molecule has 2 heterocycles. The quantitative estimate of drug-likeness (QED) is 0.801. The van der Waals surface area contributed by atoms with Crippen LogP contribution in [0.1, 0.15) is 35.7 Å². The lowest BCUT2D eigenvalue weighted by molar-refractivity contribution is 0.0680. The summed E-state index contributed by atoms with van der Waals surface area (Å²) in [5.74, 6) is 0.395. The molecule has 2 rings (SSSR count). The molecule has 0 bridgehead atoms. The van der Waals surface area contributed by atoms with Crippen molar-refractivity contribution in [2.75, 3.05) is 13.1 Å². The summed E-state index contributed by atoms with van der Waals surface area (Å²) < 4.78 is 0. The van der Waals surface area contributed by atoms with Crippen LogP contribution in [-0.4, -0.2) is 28.9 Å². The van der Waals surface area contributed by atoms with Gasteiger partial charge in [0.15, 0.2) is 0 Å². The Hall–Kier alpha value is -1.58. The number of rotatable bonds is 1. The van der Waals surface area contributed by atoms with Crippen LogP contribution in [0.4, 0.5) is 0 Å². The van der Waals surface area contributed by atoms with E-state index in [4.69, 9.17) is 0 Å². The Balaban J connectivity index is 2.28. The number of pyridine rings is 1. The fourth-order valence-electron chi connectivity index (χ4n) is 2.37. The maximum atomic E-state index is 12.3. The third-order valence-electron chi connectivity index (χ3n) is 3.33. The molecule has 1 N–H and O–H groups in total. The molecule has 0 aromatic carbocycles. The Labute approximate surface area is 101 Å². The first-order valence-electron chi connectivity index (χ1n) is 6.07. The SMILES string of the molecule is Cc1cc[nH]c(=O)c1C(=O)N1CCCC(C)C1. The lowest BCUT2D eigenvalue weighted by Gasteiger charge is -2.31. The fraction of sp³-hybridized carbons (Fsp3) is 0.538. The summed E-state index contributed by atoms with van der Waals surface area (Å²) in [6.07, 6.45) is 3.76. The van der Waals surface area contributed by atoms with Gasteiger partial charge in [-0.3, -0.25) is 9.59 Å². The smallest absolute Gasteiger partial charge is 0.261 e. The number of nitrogens with one attached hydrogen (secondary N) is 1. The molecule has 0 aliphatic carbocycles. The summed E-state index contributed by atoms with van der Waals surface area (Å²) in [5.41, 5.74) is 0.756. The van der Waals surface area contributed by atoms with Crippen LogP contribution in [0.25, 0.3) is 0 Å². The first-order valence-corrected chi connectivity index (χ1v) is 6.07. The third-order valence-corrected chi connectivity index (χ3v) is 3.33. The first-order chi connectivity index (χ1) is 8.09. The number of carbonyl (C=O) groups excluding carboxylic acids is 1. The zero-order valence-corrected chi connectivity index (χ0v) is 10.3. The first kappa shape index (κ1) is 11.9. The number of likely N-dealkylation sites (tertiary alicyclic amines) is 1. The van der Waals surface area contributed by atoms with E-state index in [1.807, 2.05) is 0 Å². The van der Waals surface area contributed by atoms with E-state index >= 15 is 0 Å². The van der Waals surface area contributed by atoms with Crippen molar-refractivity contribution in [3.05, 3.63) is 33.7 Å². The van der Waals surface area contributed by atoms with Crippen molar-refractivity contribution < 1.29 is 4.79 Å². The van der Waals surface area contributed by atoms with Crippen LogP contribution in [0.5, 0.6) is 0 Å². The molecule has 0 radical (unpaired) electrons. The maximum absolute atomic E-state index is 12.3. The van der Waals surface area contributed by atoms with E-state index in [2.05, 4.69) is 11.9 Å². The summed E-state index contributed by atoms with van der Waals surface area (Å²) >= 11 is 0. The minimum absolute atomic E-state index is 0.129. The Morgan fingerprint density at radius 1 is 1.53 bits per heavy atom. The molecule has 1 atom stereocenters. The van der Waals surface area contributed by atoms with E-state index in [0.717, 1.165) is 31.5 Å². The van der Waals surface area contributed by atoms with E-state index in [1.165, 1.54) is 0 Å². The highest BCUT2D eigenvalue weighted by atomic mass is 16.2. The number of piperidine rings is 1. The fourth-order valence-corrected chi connectivity index (χ4v) is 2.37. The normalized spacial score (nSPS) is 20.4. The summed E-state index contributed by atoms with van der Waals surface area (Å²) in [5, 5.41) is 0. The van der Waals surface area contributed by atoms with Crippen molar-refractivity contribution in [3.8, 4) is 0 Å². The van der Waals surface area contributed by atoms with Gasteiger partial charge in [0.2, 0.25) is 0 Å². The summed E-state index contributed by atoms with van der Waals surface area (Å²) in [6, 6.07) is 1.77. The molecule has 1 unspecified atom stereocenters. The average molecular weight is 234 g/mol. The number of hydrogen-bond acceptors (Lipinski definition) is 2. The molecular formula is C13H18N2O2. The lowest BCUT2D eigenvalue weighted by atomic mass is 9.99. The molecule has 0 saturated carbocycles. The molecule has 1 aliphatic heterocycles. The number of aromatic nitrogens is 1. The lowest BCUT2D eigenvalue weighted by Crippen LogP contribution is -2.41. The highest BCUT2D eigenvalue weighted by molar-refractivity contribution is 5.95. The van der Waals surface area contributed by atoms with Gasteiger partial charge in [-0.2, -0.15) is 0 Å². The molecule has 1 aliphatic rings. The van der Waals surface area contributed by atoms with E-state index in [-0.39, 0.29) is 11.5 Å². The second-order valence-corrected chi connectivity index (χ2v) is 4.86. The van der Waals surface area contributed by atoms with Crippen molar-refractivity contribution in [2.24, 2.45) is 5.92 Å². The Morgan fingerprint density at radius 2 is 2.29 bits per heavy atom. The molecule has 1 aromatic heterocycles. The van der Waals surface area contributed by atoms with Crippen molar-refractivity contribution in [1.82, 2.24) is 9.88 Å². The number of H-pyrrole nitrogens is 1. The monoisotopic (exact) mass is 234 g/mol. The predicted octanol–water partition coefficient (Wildman–Crippen LogP) is 1.56. The predicted molar refractivity (Wildman–Crippen MR) is 66.1 cm³/mol. The van der Waals surface area contributed by atoms with Gasteiger partial charge in [-0.1, -0.05) is 6.92 Å². The van der Waals surface area contributed by atoms with Crippen LogP contribution in [0.2, 0.25) is 0 Å². The van der Waals surface area contributed by atoms with Crippen LogP contribution in [-0.2, 0) is 0 Å². The number of hydrogen-bond donors (Lipinski definition) is 1. The zero-order chi connectivity index (χ0) is 12.4. The van der Waals surface area contributed by atoms with Gasteiger partial charge in [0.1, 0.15) is 5.56 Å². The summed E-state index contributed by atoms with van der Waals surface area (Å²) in [6.45, 7) is 5.46. The van der Waals surface area contributed by atoms with Gasteiger partial charge in [0.25, 0.3) is 11.5 Å². The van der Waals surface area contributed by atoms with E-state index in [0.29, 0.717) is 11.5 Å². The highest BCUT2D eigenvalue weighted by Gasteiger charge is 2.24. The zero-order valence-electron chi connectivity index (χ0n) is 10.3. The molecule has 4 nitrogen and oxygen atoms in total. The van der Waals surface area contributed by atoms with Crippen LogP contribution >= 0.6 is 0 Å². The number of aromatic amines is 1. The van der Waals surface area contributed by atoms with Gasteiger partial charge in [-0.15, -0.1) is 0 Å². The summed E-state index contributed by atoms with van der Waals surface area (Å²) in [4.78, 5) is 28.4. The van der Waals surface area contributed by atoms with Crippen LogP contribution in [0, 0.1) is 12.8 Å². The van der Waals surface area contributed by atoms with Crippen LogP contribution in [0.3, 0.4) is 0 Å². The van der Waals surface area contributed by atoms with Crippen molar-refractivity contribution >= 4 is 5.91 Å². The third kappa shape index (κ3) is 2.40. The number of nitrogens with zero attached hydrogens (tertiary/aromatic N) is 1. The van der Waals surface area contributed by atoms with E-state index in [9.17, 15) is 9.59 Å². The van der Waals surface area contributed by atoms with Gasteiger partial charge in [0, 0.05) is 19.3 Å². The Kier molecular flexibility index (Phi) is 3.31. The van der Waals surface area contributed by atoms with Gasteiger partial charge in [-0.05, 0) is 37.3 Å². The standard InChI is InChI=1S/C13H18N2O2/c1-9-4-3-7-15(8-9)13(17)11-10(2)5-6-14-12(11)16/h5-6,9H,3-4,7-8H2,1-2H3,(H,14,16). The van der Waals surface area contributed by atoms with E-state index in [1.54, 1.807) is 24.1 Å².